The van der Waals surface area contributed by atoms with Crippen molar-refractivity contribution in [1.82, 2.24) is 8.96 Å². The van der Waals surface area contributed by atoms with E-state index in [2.05, 4.69) is 4.98 Å². The SMILES string of the molecule is CSc1nc2cc(Cl)c(Oc3cccc(Cl)c3Cl)cc2n1S(C)(=O)=O. The van der Waals surface area contributed by atoms with Gasteiger partial charge in [0.05, 0.1) is 27.3 Å². The van der Waals surface area contributed by atoms with E-state index in [4.69, 9.17) is 39.5 Å². The minimum atomic E-state index is -3.56. The number of aromatic nitrogens is 2. The molecule has 2 aromatic carbocycles. The van der Waals surface area contributed by atoms with Crippen LogP contribution >= 0.6 is 46.6 Å². The molecule has 1 heterocycles. The van der Waals surface area contributed by atoms with Gasteiger partial charge < -0.3 is 4.74 Å². The standard InChI is InChI=1S/C15H11Cl3N2O3S2/c1-24-15-19-10-6-9(17)13(7-11(10)20(15)25(2,21)22)23-12-5-3-4-8(16)14(12)18/h3-7H,1-2H3. The smallest absolute Gasteiger partial charge is 0.238 e. The summed E-state index contributed by atoms with van der Waals surface area (Å²) in [4.78, 5) is 4.30. The maximum absolute atomic E-state index is 12.1. The number of benzene rings is 2. The number of fused-ring (bicyclic) bond motifs is 1. The molecule has 0 saturated carbocycles. The highest BCUT2D eigenvalue weighted by Crippen LogP contribution is 2.39. The van der Waals surface area contributed by atoms with Crippen LogP contribution in [0.1, 0.15) is 0 Å². The van der Waals surface area contributed by atoms with E-state index in [1.165, 1.54) is 17.8 Å². The van der Waals surface area contributed by atoms with E-state index in [0.29, 0.717) is 27.0 Å². The molecule has 0 saturated heterocycles. The van der Waals surface area contributed by atoms with E-state index >= 15 is 0 Å². The van der Waals surface area contributed by atoms with Crippen LogP contribution in [0, 0.1) is 0 Å². The van der Waals surface area contributed by atoms with Gasteiger partial charge in [0.1, 0.15) is 16.5 Å². The molecule has 10 heteroatoms. The zero-order valence-corrected chi connectivity index (χ0v) is 16.9. The maximum atomic E-state index is 12.1. The van der Waals surface area contributed by atoms with E-state index in [1.54, 1.807) is 30.5 Å². The van der Waals surface area contributed by atoms with Gasteiger partial charge in [0, 0.05) is 6.07 Å². The molecule has 25 heavy (non-hydrogen) atoms. The summed E-state index contributed by atoms with van der Waals surface area (Å²) >= 11 is 19.6. The summed E-state index contributed by atoms with van der Waals surface area (Å²) < 4.78 is 31.2. The maximum Gasteiger partial charge on any atom is 0.238 e. The van der Waals surface area contributed by atoms with Crippen molar-refractivity contribution < 1.29 is 13.2 Å². The predicted octanol–water partition coefficient (Wildman–Crippen LogP) is 5.32. The molecule has 5 nitrogen and oxygen atoms in total. The van der Waals surface area contributed by atoms with Gasteiger partial charge in [-0.2, -0.15) is 0 Å². The molecule has 132 valence electrons. The second-order valence-corrected chi connectivity index (χ2v) is 8.85. The molecule has 0 atom stereocenters. The summed E-state index contributed by atoms with van der Waals surface area (Å²) in [6, 6.07) is 8.01. The summed E-state index contributed by atoms with van der Waals surface area (Å²) in [5, 5.41) is 1.19. The Morgan fingerprint density at radius 1 is 1.12 bits per heavy atom. The topological polar surface area (TPSA) is 61.2 Å². The zero-order chi connectivity index (χ0) is 18.4. The van der Waals surface area contributed by atoms with E-state index in [1.807, 2.05) is 0 Å². The molecule has 0 unspecified atom stereocenters. The van der Waals surface area contributed by atoms with Crippen molar-refractivity contribution in [2.24, 2.45) is 0 Å². The number of hydrogen-bond acceptors (Lipinski definition) is 5. The number of ether oxygens (including phenoxy) is 1. The van der Waals surface area contributed by atoms with Crippen LogP contribution in [-0.4, -0.2) is 29.9 Å². The molecule has 1 aromatic heterocycles. The Morgan fingerprint density at radius 2 is 1.84 bits per heavy atom. The lowest BCUT2D eigenvalue weighted by Gasteiger charge is -2.11. The molecule has 0 amide bonds. The van der Waals surface area contributed by atoms with Crippen LogP contribution in [0.15, 0.2) is 35.5 Å². The van der Waals surface area contributed by atoms with Crippen LogP contribution in [-0.2, 0) is 10.0 Å². The Balaban J connectivity index is 2.20. The Kier molecular flexibility index (Phi) is 5.14. The predicted molar refractivity (Wildman–Crippen MR) is 103 cm³/mol. The number of thioether (sulfide) groups is 1. The quantitative estimate of drug-likeness (QED) is 0.517. The van der Waals surface area contributed by atoms with Crippen molar-refractivity contribution in [2.75, 3.05) is 12.5 Å². The van der Waals surface area contributed by atoms with E-state index in [-0.39, 0.29) is 15.8 Å². The molecule has 3 aromatic rings. The first-order valence-corrected chi connectivity index (χ1v) is 11.0. The van der Waals surface area contributed by atoms with Crippen LogP contribution in [0.4, 0.5) is 0 Å². The molecule has 3 rings (SSSR count). The van der Waals surface area contributed by atoms with Gasteiger partial charge in [-0.3, -0.25) is 0 Å². The number of hydrogen-bond donors (Lipinski definition) is 0. The van der Waals surface area contributed by atoms with Crippen LogP contribution in [0.3, 0.4) is 0 Å². The number of halogens is 3. The fourth-order valence-corrected chi connectivity index (χ4v) is 4.68. The minimum Gasteiger partial charge on any atom is -0.454 e. The molecular formula is C15H11Cl3N2O3S2. The van der Waals surface area contributed by atoms with Gasteiger partial charge in [-0.15, -0.1) is 0 Å². The Labute approximate surface area is 163 Å². The number of nitrogens with zero attached hydrogens (tertiary/aromatic N) is 2. The van der Waals surface area contributed by atoms with Gasteiger partial charge in [0.25, 0.3) is 0 Å². The van der Waals surface area contributed by atoms with Crippen LogP contribution < -0.4 is 4.74 Å². The average Bonchev–Trinajstić information content (AvgIpc) is 2.89. The van der Waals surface area contributed by atoms with Gasteiger partial charge >= 0.3 is 0 Å². The number of imidazole rings is 1. The minimum absolute atomic E-state index is 0.238. The first-order valence-electron chi connectivity index (χ1n) is 6.80. The summed E-state index contributed by atoms with van der Waals surface area (Å²) in [5.41, 5.74) is 0.814. The third-order valence-electron chi connectivity index (χ3n) is 3.29. The lowest BCUT2D eigenvalue weighted by atomic mass is 10.3. The van der Waals surface area contributed by atoms with Crippen molar-refractivity contribution in [2.45, 2.75) is 5.16 Å². The van der Waals surface area contributed by atoms with Crippen molar-refractivity contribution in [1.29, 1.82) is 0 Å². The molecule has 0 fully saturated rings. The van der Waals surface area contributed by atoms with Crippen LogP contribution in [0.2, 0.25) is 15.1 Å². The molecule has 0 N–H and O–H groups in total. The second kappa shape index (κ2) is 6.89. The number of rotatable bonds is 4. The van der Waals surface area contributed by atoms with Gasteiger partial charge in [0.15, 0.2) is 5.16 Å². The first kappa shape index (κ1) is 18.7. The van der Waals surface area contributed by atoms with Gasteiger partial charge in [0.2, 0.25) is 10.0 Å². The van der Waals surface area contributed by atoms with E-state index < -0.39 is 10.0 Å². The zero-order valence-electron chi connectivity index (χ0n) is 13.0. The molecule has 0 spiro atoms. The second-order valence-electron chi connectivity index (χ2n) is 5.05. The lowest BCUT2D eigenvalue weighted by Crippen LogP contribution is -2.10. The van der Waals surface area contributed by atoms with Crippen molar-refractivity contribution in [3.63, 3.8) is 0 Å². The molecule has 0 aliphatic heterocycles. The molecule has 0 radical (unpaired) electrons. The largest absolute Gasteiger partial charge is 0.454 e. The molecule has 0 aliphatic carbocycles. The molecule has 0 aliphatic rings. The summed E-state index contributed by atoms with van der Waals surface area (Å²) in [7, 11) is -3.56. The van der Waals surface area contributed by atoms with Crippen molar-refractivity contribution >= 4 is 67.6 Å². The van der Waals surface area contributed by atoms with Crippen molar-refractivity contribution in [3.8, 4) is 11.5 Å². The van der Waals surface area contributed by atoms with E-state index in [0.717, 1.165) is 10.2 Å². The normalized spacial score (nSPS) is 11.9. The third kappa shape index (κ3) is 3.57. The lowest BCUT2D eigenvalue weighted by molar-refractivity contribution is 0.484. The van der Waals surface area contributed by atoms with Gasteiger partial charge in [-0.05, 0) is 24.5 Å². The monoisotopic (exact) mass is 436 g/mol. The Bertz CT molecular complexity index is 1080. The van der Waals surface area contributed by atoms with Gasteiger partial charge in [-0.25, -0.2) is 17.4 Å². The third-order valence-corrected chi connectivity index (χ3v) is 6.17. The Hall–Kier alpha value is -1.12. The van der Waals surface area contributed by atoms with Crippen molar-refractivity contribution in [3.05, 3.63) is 45.4 Å². The Morgan fingerprint density at radius 3 is 2.48 bits per heavy atom. The summed E-state index contributed by atoms with van der Waals surface area (Å²) in [6.07, 6.45) is 2.85. The highest BCUT2D eigenvalue weighted by atomic mass is 35.5. The molecule has 0 bridgehead atoms. The fraction of sp³-hybridized carbons (Fsp3) is 0.133. The van der Waals surface area contributed by atoms with Crippen LogP contribution in [0.5, 0.6) is 11.5 Å². The van der Waals surface area contributed by atoms with Gasteiger partial charge in [-0.1, -0.05) is 52.6 Å². The highest BCUT2D eigenvalue weighted by Gasteiger charge is 2.20. The first-order chi connectivity index (χ1) is 11.7. The molecular weight excluding hydrogens is 427 g/mol. The van der Waals surface area contributed by atoms with Crippen LogP contribution in [0.25, 0.3) is 11.0 Å². The van der Waals surface area contributed by atoms with E-state index in [9.17, 15) is 8.42 Å². The highest BCUT2D eigenvalue weighted by molar-refractivity contribution is 7.99. The average molecular weight is 438 g/mol. The fourth-order valence-electron chi connectivity index (χ4n) is 2.24. The summed E-state index contributed by atoms with van der Waals surface area (Å²) in [6.45, 7) is 0. The summed E-state index contributed by atoms with van der Waals surface area (Å²) in [5.74, 6) is 0.557.